The van der Waals surface area contributed by atoms with E-state index in [4.69, 9.17) is 27.9 Å². The summed E-state index contributed by atoms with van der Waals surface area (Å²) in [6.45, 7) is 8.77. The summed E-state index contributed by atoms with van der Waals surface area (Å²) in [6.07, 6.45) is 0.524. The van der Waals surface area contributed by atoms with Crippen LogP contribution < -0.4 is 10.6 Å². The van der Waals surface area contributed by atoms with Gasteiger partial charge in [-0.15, -0.1) is 0 Å². The van der Waals surface area contributed by atoms with E-state index in [0.717, 1.165) is 6.08 Å². The van der Waals surface area contributed by atoms with Crippen LogP contribution in [0.4, 0.5) is 4.79 Å². The van der Waals surface area contributed by atoms with Crippen molar-refractivity contribution in [3.8, 4) is 0 Å². The van der Waals surface area contributed by atoms with Gasteiger partial charge in [-0.05, 0) is 38.5 Å². The van der Waals surface area contributed by atoms with E-state index >= 15 is 0 Å². The molecule has 0 aliphatic carbocycles. The van der Waals surface area contributed by atoms with Crippen molar-refractivity contribution in [1.82, 2.24) is 10.6 Å². The van der Waals surface area contributed by atoms with Gasteiger partial charge >= 0.3 is 6.09 Å². The highest BCUT2D eigenvalue weighted by Gasteiger charge is 2.23. The Labute approximate surface area is 146 Å². The summed E-state index contributed by atoms with van der Waals surface area (Å²) in [5.74, 6) is -0.362. The van der Waals surface area contributed by atoms with Crippen molar-refractivity contribution in [2.24, 2.45) is 0 Å². The smallest absolute Gasteiger partial charge is 0.408 e. The maximum atomic E-state index is 12.0. The third kappa shape index (κ3) is 6.50. The Hall–Kier alpha value is -1.72. The lowest BCUT2D eigenvalue weighted by atomic mass is 10.1. The molecule has 2 N–H and O–H groups in total. The first-order valence-corrected chi connectivity index (χ1v) is 7.73. The molecule has 2 amide bonds. The van der Waals surface area contributed by atoms with E-state index in [-0.39, 0.29) is 12.5 Å². The minimum atomic E-state index is -0.642. The fourth-order valence-electron chi connectivity index (χ4n) is 1.75. The van der Waals surface area contributed by atoms with E-state index in [1.807, 2.05) is 0 Å². The average Bonchev–Trinajstić information content (AvgIpc) is 2.44. The Morgan fingerprint density at radius 1 is 1.35 bits per heavy atom. The first-order chi connectivity index (χ1) is 10.6. The normalized spacial score (nSPS) is 12.2. The molecular weight excluding hydrogens is 339 g/mol. The predicted octanol–water partition coefficient (Wildman–Crippen LogP) is 3.86. The zero-order valence-corrected chi connectivity index (χ0v) is 14.8. The summed E-state index contributed by atoms with van der Waals surface area (Å²) < 4.78 is 5.23. The number of nitrogens with one attached hydrogen (secondary N) is 2. The number of alkyl carbamates (subject to hydrolysis) is 1. The molecule has 1 aromatic carbocycles. The molecule has 0 spiro atoms. The molecule has 0 radical (unpaired) electrons. The molecule has 1 aromatic rings. The highest BCUT2D eigenvalue weighted by atomic mass is 35.5. The number of hydrogen-bond donors (Lipinski definition) is 2. The molecule has 1 rings (SSSR count). The van der Waals surface area contributed by atoms with Crippen LogP contribution in [-0.2, 0) is 9.53 Å². The van der Waals surface area contributed by atoms with Crippen LogP contribution in [0.1, 0.15) is 32.4 Å². The van der Waals surface area contributed by atoms with Gasteiger partial charge in [-0.2, -0.15) is 0 Å². The number of ether oxygens (including phenoxy) is 1. The summed E-state index contributed by atoms with van der Waals surface area (Å²) in [5.41, 5.74) is -0.0636. The largest absolute Gasteiger partial charge is 0.444 e. The van der Waals surface area contributed by atoms with Gasteiger partial charge < -0.3 is 15.4 Å². The number of amides is 2. The van der Waals surface area contributed by atoms with Crippen LogP contribution in [0.25, 0.3) is 0 Å². The lowest BCUT2D eigenvalue weighted by molar-refractivity contribution is -0.116. The minimum absolute atomic E-state index is 0.115. The molecule has 5 nitrogen and oxygen atoms in total. The third-order valence-electron chi connectivity index (χ3n) is 2.71. The number of carbonyl (C=O) groups is 2. The van der Waals surface area contributed by atoms with Crippen LogP contribution in [0, 0.1) is 0 Å². The van der Waals surface area contributed by atoms with Crippen molar-refractivity contribution in [2.75, 3.05) is 6.54 Å². The van der Waals surface area contributed by atoms with Crippen LogP contribution in [0.2, 0.25) is 10.0 Å². The van der Waals surface area contributed by atoms with Crippen molar-refractivity contribution >= 4 is 35.2 Å². The number of carbonyl (C=O) groups excluding carboxylic acids is 2. The molecule has 7 heteroatoms. The molecule has 126 valence electrons. The van der Waals surface area contributed by atoms with Gasteiger partial charge in [0, 0.05) is 6.54 Å². The van der Waals surface area contributed by atoms with E-state index in [9.17, 15) is 9.59 Å². The maximum Gasteiger partial charge on any atom is 0.408 e. The summed E-state index contributed by atoms with van der Waals surface area (Å²) >= 11 is 12.2. The van der Waals surface area contributed by atoms with Crippen molar-refractivity contribution in [1.29, 1.82) is 0 Å². The Bertz CT molecular complexity index is 597. The number of rotatable bonds is 5. The van der Waals surface area contributed by atoms with Crippen molar-refractivity contribution in [2.45, 2.75) is 32.4 Å². The highest BCUT2D eigenvalue weighted by molar-refractivity contribution is 6.42. The van der Waals surface area contributed by atoms with Crippen LogP contribution in [0.15, 0.2) is 30.9 Å². The lowest BCUT2D eigenvalue weighted by Gasteiger charge is -2.24. The van der Waals surface area contributed by atoms with Crippen molar-refractivity contribution < 1.29 is 14.3 Å². The molecule has 0 saturated heterocycles. The van der Waals surface area contributed by atoms with Gasteiger partial charge in [0.15, 0.2) is 0 Å². The minimum Gasteiger partial charge on any atom is -0.444 e. The Morgan fingerprint density at radius 3 is 2.57 bits per heavy atom. The van der Waals surface area contributed by atoms with E-state index in [0.29, 0.717) is 15.6 Å². The predicted molar refractivity (Wildman–Crippen MR) is 91.8 cm³/mol. The van der Waals surface area contributed by atoms with E-state index < -0.39 is 17.7 Å². The van der Waals surface area contributed by atoms with Crippen LogP contribution in [-0.4, -0.2) is 24.1 Å². The fraction of sp³-hybridized carbons (Fsp3) is 0.375. The fourth-order valence-corrected chi connectivity index (χ4v) is 2.19. The zero-order chi connectivity index (χ0) is 17.6. The second-order valence-electron chi connectivity index (χ2n) is 5.79. The molecule has 0 aromatic heterocycles. The van der Waals surface area contributed by atoms with Gasteiger partial charge in [0.05, 0.1) is 16.1 Å². The van der Waals surface area contributed by atoms with Gasteiger partial charge in [-0.25, -0.2) is 4.79 Å². The van der Waals surface area contributed by atoms with Crippen LogP contribution >= 0.6 is 23.2 Å². The number of hydrogen-bond acceptors (Lipinski definition) is 3. The third-order valence-corrected chi connectivity index (χ3v) is 3.55. The second kappa shape index (κ2) is 8.22. The average molecular weight is 359 g/mol. The first kappa shape index (κ1) is 19.3. The summed E-state index contributed by atoms with van der Waals surface area (Å²) in [6, 6.07) is 4.47. The molecule has 0 heterocycles. The van der Waals surface area contributed by atoms with Crippen molar-refractivity contribution in [3.63, 3.8) is 0 Å². The molecule has 1 atom stereocenters. The standard InChI is InChI=1S/C16H20Cl2N2O3/c1-5-13(21)19-9-12(20-15(22)23-16(2,3)4)10-7-6-8-11(17)14(10)18/h5-8,12H,1,9H2,2-4H3,(H,19,21)(H,20,22). The van der Waals surface area contributed by atoms with Gasteiger partial charge in [0.25, 0.3) is 0 Å². The van der Waals surface area contributed by atoms with Crippen LogP contribution in [0.3, 0.4) is 0 Å². The molecule has 23 heavy (non-hydrogen) atoms. The summed E-state index contributed by atoms with van der Waals surface area (Å²) in [5, 5.41) is 5.97. The second-order valence-corrected chi connectivity index (χ2v) is 6.58. The van der Waals surface area contributed by atoms with Gasteiger partial charge in [-0.1, -0.05) is 41.9 Å². The van der Waals surface area contributed by atoms with Gasteiger partial charge in [-0.3, -0.25) is 4.79 Å². The zero-order valence-electron chi connectivity index (χ0n) is 13.3. The number of benzene rings is 1. The summed E-state index contributed by atoms with van der Waals surface area (Å²) in [7, 11) is 0. The molecule has 0 bridgehead atoms. The maximum absolute atomic E-state index is 12.0. The van der Waals surface area contributed by atoms with E-state index in [2.05, 4.69) is 17.2 Å². The summed E-state index contributed by atoms with van der Waals surface area (Å²) in [4.78, 5) is 23.4. The van der Waals surface area contributed by atoms with Crippen molar-refractivity contribution in [3.05, 3.63) is 46.5 Å². The van der Waals surface area contributed by atoms with Crippen LogP contribution in [0.5, 0.6) is 0 Å². The lowest BCUT2D eigenvalue weighted by Crippen LogP contribution is -2.40. The SMILES string of the molecule is C=CC(=O)NCC(NC(=O)OC(C)(C)C)c1cccc(Cl)c1Cl. The van der Waals surface area contributed by atoms with Gasteiger partial charge in [0.2, 0.25) is 5.91 Å². The molecule has 1 unspecified atom stereocenters. The molecular formula is C16H20Cl2N2O3. The quantitative estimate of drug-likeness (QED) is 0.785. The molecule has 0 saturated carbocycles. The Balaban J connectivity index is 2.97. The first-order valence-electron chi connectivity index (χ1n) is 6.97. The van der Waals surface area contributed by atoms with Gasteiger partial charge in [0.1, 0.15) is 5.60 Å². The number of halogens is 2. The van der Waals surface area contributed by atoms with E-state index in [1.165, 1.54) is 0 Å². The Kier molecular flexibility index (Phi) is 6.91. The molecule has 0 aliphatic heterocycles. The molecule has 0 aliphatic rings. The monoisotopic (exact) mass is 358 g/mol. The topological polar surface area (TPSA) is 67.4 Å². The Morgan fingerprint density at radius 2 is 2.00 bits per heavy atom. The van der Waals surface area contributed by atoms with E-state index in [1.54, 1.807) is 39.0 Å². The molecule has 0 fully saturated rings. The highest BCUT2D eigenvalue weighted by Crippen LogP contribution is 2.30.